The molecule has 1 heterocycles. The van der Waals surface area contributed by atoms with Crippen LogP contribution in [0.15, 0.2) is 18.2 Å². The maximum atomic E-state index is 13.0. The molecule has 1 aromatic carbocycles. The molecule has 0 aromatic heterocycles. The van der Waals surface area contributed by atoms with E-state index in [1.165, 1.54) is 17.0 Å². The van der Waals surface area contributed by atoms with E-state index in [-0.39, 0.29) is 35.7 Å². The fourth-order valence-corrected chi connectivity index (χ4v) is 2.12. The molecular formula is C13H16FN3O2. The minimum absolute atomic E-state index is 0.0286. The Kier molecular flexibility index (Phi) is 3.69. The summed E-state index contributed by atoms with van der Waals surface area (Å²) in [6.45, 7) is 2.50. The van der Waals surface area contributed by atoms with E-state index in [1.54, 1.807) is 0 Å². The van der Waals surface area contributed by atoms with Crippen molar-refractivity contribution in [3.05, 3.63) is 24.0 Å². The Bertz CT molecular complexity index is 519. The first kappa shape index (κ1) is 13.3. The lowest BCUT2D eigenvalue weighted by atomic mass is 10.2. The monoisotopic (exact) mass is 265 g/mol. The van der Waals surface area contributed by atoms with Gasteiger partial charge in [-0.05, 0) is 24.1 Å². The topological polar surface area (TPSA) is 75.4 Å². The Morgan fingerprint density at radius 3 is 2.95 bits per heavy atom. The molecule has 3 N–H and O–H groups in total. The first-order chi connectivity index (χ1) is 8.95. The van der Waals surface area contributed by atoms with Crippen LogP contribution in [0.25, 0.3) is 0 Å². The van der Waals surface area contributed by atoms with Gasteiger partial charge in [-0.25, -0.2) is 4.39 Å². The standard InChI is InChI=1S/C13H16FN3O2/c1-8-4-13(19)17(6-8)7-12(18)16-11-5-9(14)2-3-10(11)15/h2-3,5,8H,4,6-7,15H2,1H3,(H,16,18). The Morgan fingerprint density at radius 1 is 1.58 bits per heavy atom. The van der Waals surface area contributed by atoms with Gasteiger partial charge in [-0.3, -0.25) is 9.59 Å². The molecule has 0 aliphatic carbocycles. The molecule has 2 rings (SSSR count). The fourth-order valence-electron chi connectivity index (χ4n) is 2.12. The lowest BCUT2D eigenvalue weighted by Crippen LogP contribution is -2.34. The molecular weight excluding hydrogens is 249 g/mol. The van der Waals surface area contributed by atoms with Gasteiger partial charge in [0.15, 0.2) is 0 Å². The molecule has 1 atom stereocenters. The van der Waals surface area contributed by atoms with Crippen LogP contribution in [-0.2, 0) is 9.59 Å². The van der Waals surface area contributed by atoms with Crippen molar-refractivity contribution in [2.45, 2.75) is 13.3 Å². The Morgan fingerprint density at radius 2 is 2.32 bits per heavy atom. The van der Waals surface area contributed by atoms with Crippen LogP contribution in [0.3, 0.4) is 0 Å². The van der Waals surface area contributed by atoms with E-state index < -0.39 is 5.82 Å². The Hall–Kier alpha value is -2.11. The van der Waals surface area contributed by atoms with Crippen LogP contribution in [0.4, 0.5) is 15.8 Å². The minimum Gasteiger partial charge on any atom is -0.397 e. The van der Waals surface area contributed by atoms with E-state index >= 15 is 0 Å². The van der Waals surface area contributed by atoms with Crippen LogP contribution >= 0.6 is 0 Å². The van der Waals surface area contributed by atoms with E-state index in [4.69, 9.17) is 5.73 Å². The quantitative estimate of drug-likeness (QED) is 0.807. The van der Waals surface area contributed by atoms with Gasteiger partial charge in [0.25, 0.3) is 0 Å². The number of anilines is 2. The van der Waals surface area contributed by atoms with E-state index in [0.717, 1.165) is 6.07 Å². The predicted octanol–water partition coefficient (Wildman–Crippen LogP) is 1.21. The van der Waals surface area contributed by atoms with Crippen LogP contribution in [0.5, 0.6) is 0 Å². The van der Waals surface area contributed by atoms with Gasteiger partial charge in [-0.1, -0.05) is 6.92 Å². The van der Waals surface area contributed by atoms with Gasteiger partial charge in [0.05, 0.1) is 17.9 Å². The molecule has 0 spiro atoms. The van der Waals surface area contributed by atoms with E-state index in [9.17, 15) is 14.0 Å². The molecule has 1 aromatic rings. The van der Waals surface area contributed by atoms with Gasteiger partial charge in [0.1, 0.15) is 5.82 Å². The molecule has 19 heavy (non-hydrogen) atoms. The highest BCUT2D eigenvalue weighted by Gasteiger charge is 2.27. The number of hydrogen-bond acceptors (Lipinski definition) is 3. The second-order valence-corrected chi connectivity index (χ2v) is 4.86. The molecule has 1 fully saturated rings. The summed E-state index contributed by atoms with van der Waals surface area (Å²) in [4.78, 5) is 24.9. The first-order valence-corrected chi connectivity index (χ1v) is 6.08. The third-order valence-electron chi connectivity index (χ3n) is 3.03. The summed E-state index contributed by atoms with van der Waals surface area (Å²) in [5.41, 5.74) is 6.15. The summed E-state index contributed by atoms with van der Waals surface area (Å²) >= 11 is 0. The van der Waals surface area contributed by atoms with Crippen molar-refractivity contribution in [1.82, 2.24) is 4.90 Å². The minimum atomic E-state index is -0.477. The molecule has 5 nitrogen and oxygen atoms in total. The van der Waals surface area contributed by atoms with Crippen LogP contribution in [0.2, 0.25) is 0 Å². The third-order valence-corrected chi connectivity index (χ3v) is 3.03. The summed E-state index contributed by atoms with van der Waals surface area (Å²) in [5.74, 6) is -0.621. The molecule has 2 amide bonds. The number of carbonyl (C=O) groups excluding carboxylic acids is 2. The van der Waals surface area contributed by atoms with Gasteiger partial charge in [-0.15, -0.1) is 0 Å². The number of carbonyl (C=O) groups is 2. The van der Waals surface area contributed by atoms with Gasteiger partial charge in [0, 0.05) is 13.0 Å². The van der Waals surface area contributed by atoms with Crippen LogP contribution in [0, 0.1) is 11.7 Å². The molecule has 0 radical (unpaired) electrons. The third kappa shape index (κ3) is 3.21. The molecule has 6 heteroatoms. The van der Waals surface area contributed by atoms with Crippen LogP contribution < -0.4 is 11.1 Å². The van der Waals surface area contributed by atoms with Crippen LogP contribution in [-0.4, -0.2) is 29.8 Å². The number of benzene rings is 1. The molecule has 1 aliphatic heterocycles. The normalized spacial score (nSPS) is 18.7. The summed E-state index contributed by atoms with van der Waals surface area (Å²) < 4.78 is 13.0. The number of hydrogen-bond donors (Lipinski definition) is 2. The zero-order valence-corrected chi connectivity index (χ0v) is 10.6. The lowest BCUT2D eigenvalue weighted by molar-refractivity contribution is -0.131. The summed E-state index contributed by atoms with van der Waals surface area (Å²) in [7, 11) is 0. The molecule has 1 aliphatic rings. The maximum Gasteiger partial charge on any atom is 0.244 e. The summed E-state index contributed by atoms with van der Waals surface area (Å²) in [5, 5.41) is 2.52. The van der Waals surface area contributed by atoms with E-state index in [1.807, 2.05) is 6.92 Å². The van der Waals surface area contributed by atoms with Crippen molar-refractivity contribution in [1.29, 1.82) is 0 Å². The second kappa shape index (κ2) is 5.26. The van der Waals surface area contributed by atoms with Gasteiger partial charge in [-0.2, -0.15) is 0 Å². The smallest absolute Gasteiger partial charge is 0.244 e. The first-order valence-electron chi connectivity index (χ1n) is 6.08. The van der Waals surface area contributed by atoms with Crippen molar-refractivity contribution in [2.75, 3.05) is 24.1 Å². The maximum absolute atomic E-state index is 13.0. The summed E-state index contributed by atoms with van der Waals surface area (Å²) in [6, 6.07) is 3.76. The molecule has 0 bridgehead atoms. The number of nitrogens with two attached hydrogens (primary N) is 1. The zero-order valence-electron chi connectivity index (χ0n) is 10.6. The van der Waals surface area contributed by atoms with Crippen molar-refractivity contribution in [2.24, 2.45) is 5.92 Å². The number of amides is 2. The number of nitrogen functional groups attached to an aromatic ring is 1. The highest BCUT2D eigenvalue weighted by atomic mass is 19.1. The molecule has 102 valence electrons. The Labute approximate surface area is 110 Å². The average molecular weight is 265 g/mol. The molecule has 0 saturated carbocycles. The Balaban J connectivity index is 1.98. The zero-order chi connectivity index (χ0) is 14.0. The molecule has 1 saturated heterocycles. The van der Waals surface area contributed by atoms with Gasteiger partial charge >= 0.3 is 0 Å². The number of nitrogens with one attached hydrogen (secondary N) is 1. The van der Waals surface area contributed by atoms with Crippen molar-refractivity contribution >= 4 is 23.2 Å². The van der Waals surface area contributed by atoms with Gasteiger partial charge in [0.2, 0.25) is 11.8 Å². The highest BCUT2D eigenvalue weighted by Crippen LogP contribution is 2.20. The predicted molar refractivity (Wildman–Crippen MR) is 69.8 cm³/mol. The second-order valence-electron chi connectivity index (χ2n) is 4.86. The number of likely N-dealkylation sites (tertiary alicyclic amines) is 1. The number of halogens is 1. The van der Waals surface area contributed by atoms with E-state index in [0.29, 0.717) is 13.0 Å². The lowest BCUT2D eigenvalue weighted by Gasteiger charge is -2.16. The van der Waals surface area contributed by atoms with Crippen molar-refractivity contribution in [3.8, 4) is 0 Å². The summed E-state index contributed by atoms with van der Waals surface area (Å²) in [6.07, 6.45) is 0.468. The number of nitrogens with zero attached hydrogens (tertiary/aromatic N) is 1. The SMILES string of the molecule is CC1CC(=O)N(CC(=O)Nc2cc(F)ccc2N)C1. The van der Waals surface area contributed by atoms with E-state index in [2.05, 4.69) is 5.32 Å². The van der Waals surface area contributed by atoms with Crippen molar-refractivity contribution in [3.63, 3.8) is 0 Å². The highest BCUT2D eigenvalue weighted by molar-refractivity contribution is 5.97. The molecule has 1 unspecified atom stereocenters. The van der Waals surface area contributed by atoms with Gasteiger partial charge < -0.3 is 16.0 Å². The van der Waals surface area contributed by atoms with Crippen LogP contribution in [0.1, 0.15) is 13.3 Å². The number of rotatable bonds is 3. The fraction of sp³-hybridized carbons (Fsp3) is 0.385. The largest absolute Gasteiger partial charge is 0.397 e. The average Bonchev–Trinajstić information content (AvgIpc) is 2.62. The van der Waals surface area contributed by atoms with Crippen molar-refractivity contribution < 1.29 is 14.0 Å².